The Bertz CT molecular complexity index is 767. The topological polar surface area (TPSA) is 85.7 Å². The SMILES string of the molecule is N#CC1=C(N)NC(=S)C(=C=N)C1c1ccccc1C(F)(F)F. The van der Waals surface area contributed by atoms with E-state index in [1.54, 1.807) is 6.07 Å². The van der Waals surface area contributed by atoms with Crippen LogP contribution in [0.1, 0.15) is 17.0 Å². The molecule has 4 nitrogen and oxygen atoms in total. The Morgan fingerprint density at radius 2 is 1.95 bits per heavy atom. The zero-order chi connectivity index (χ0) is 16.5. The molecule has 0 aliphatic carbocycles. The number of nitrogens with zero attached hydrogens (tertiary/aromatic N) is 1. The maximum absolute atomic E-state index is 13.2. The van der Waals surface area contributed by atoms with E-state index in [0.29, 0.717) is 0 Å². The Morgan fingerprint density at radius 1 is 1.32 bits per heavy atom. The van der Waals surface area contributed by atoms with Crippen molar-refractivity contribution in [3.8, 4) is 6.07 Å². The highest BCUT2D eigenvalue weighted by Crippen LogP contribution is 2.41. The molecule has 1 aliphatic rings. The lowest BCUT2D eigenvalue weighted by atomic mass is 9.81. The summed E-state index contributed by atoms with van der Waals surface area (Å²) in [5.41, 5.74) is 4.41. The van der Waals surface area contributed by atoms with Gasteiger partial charge in [0, 0.05) is 0 Å². The predicted octanol–water partition coefficient (Wildman–Crippen LogP) is 2.59. The fraction of sp³-hybridized carbons (Fsp3) is 0.143. The number of hydrogen-bond donors (Lipinski definition) is 3. The van der Waals surface area contributed by atoms with Gasteiger partial charge in [-0.3, -0.25) is 5.41 Å². The summed E-state index contributed by atoms with van der Waals surface area (Å²) < 4.78 is 39.6. The minimum atomic E-state index is -4.61. The Morgan fingerprint density at radius 3 is 2.50 bits per heavy atom. The highest BCUT2D eigenvalue weighted by Gasteiger charge is 2.39. The number of nitrogens with one attached hydrogen (secondary N) is 2. The predicted molar refractivity (Wildman–Crippen MR) is 78.0 cm³/mol. The Kier molecular flexibility index (Phi) is 4.04. The van der Waals surface area contributed by atoms with Crippen LogP contribution in [0.2, 0.25) is 0 Å². The zero-order valence-corrected chi connectivity index (χ0v) is 11.8. The molecule has 1 aromatic carbocycles. The Hall–Kier alpha value is -2.62. The van der Waals surface area contributed by atoms with Crippen molar-refractivity contribution in [3.63, 3.8) is 0 Å². The standard InChI is InChI=1S/C14H9F3N4S/c15-14(16,17)10-4-2-1-3-7(10)11-8(5-18)12(20)21-13(22)9(11)6-19/h1-4,11,19H,20H2,(H,21,22). The first-order chi connectivity index (χ1) is 10.3. The Labute approximate surface area is 129 Å². The smallest absolute Gasteiger partial charge is 0.384 e. The van der Waals surface area contributed by atoms with E-state index in [2.05, 4.69) is 5.32 Å². The van der Waals surface area contributed by atoms with Crippen molar-refractivity contribution in [2.45, 2.75) is 12.1 Å². The normalized spacial score (nSPS) is 18.5. The quantitative estimate of drug-likeness (QED) is 0.421. The van der Waals surface area contributed by atoms with E-state index in [4.69, 9.17) is 23.4 Å². The number of benzene rings is 1. The monoisotopic (exact) mass is 322 g/mol. The summed E-state index contributed by atoms with van der Waals surface area (Å²) in [6, 6.07) is 6.60. The number of thiocarbonyl (C=S) groups is 1. The molecule has 0 spiro atoms. The van der Waals surface area contributed by atoms with E-state index >= 15 is 0 Å². The molecule has 22 heavy (non-hydrogen) atoms. The van der Waals surface area contributed by atoms with Gasteiger partial charge in [-0.15, -0.1) is 0 Å². The highest BCUT2D eigenvalue weighted by molar-refractivity contribution is 7.80. The van der Waals surface area contributed by atoms with Crippen LogP contribution < -0.4 is 11.1 Å². The number of rotatable bonds is 1. The number of hydrogen-bond acceptors (Lipinski definition) is 4. The maximum Gasteiger partial charge on any atom is 0.416 e. The molecule has 1 aromatic rings. The second kappa shape index (κ2) is 5.64. The summed E-state index contributed by atoms with van der Waals surface area (Å²) in [6.07, 6.45) is -4.61. The average molecular weight is 322 g/mol. The lowest BCUT2D eigenvalue weighted by Gasteiger charge is -2.28. The third-order valence-corrected chi connectivity index (χ3v) is 3.51. The second-order valence-corrected chi connectivity index (χ2v) is 4.86. The molecule has 0 radical (unpaired) electrons. The van der Waals surface area contributed by atoms with Crippen LogP contribution in [0.5, 0.6) is 0 Å². The molecular weight excluding hydrogens is 313 g/mol. The van der Waals surface area contributed by atoms with Crippen molar-refractivity contribution in [1.82, 2.24) is 5.32 Å². The van der Waals surface area contributed by atoms with Gasteiger partial charge in [0.15, 0.2) is 0 Å². The van der Waals surface area contributed by atoms with E-state index in [9.17, 15) is 18.4 Å². The van der Waals surface area contributed by atoms with Crippen molar-refractivity contribution in [1.29, 1.82) is 10.7 Å². The van der Waals surface area contributed by atoms with Gasteiger partial charge in [-0.1, -0.05) is 30.4 Å². The van der Waals surface area contributed by atoms with Crippen LogP contribution in [-0.4, -0.2) is 10.9 Å². The van der Waals surface area contributed by atoms with Gasteiger partial charge < -0.3 is 11.1 Å². The first-order valence-electron chi connectivity index (χ1n) is 5.98. The minimum absolute atomic E-state index is 0.0199. The summed E-state index contributed by atoms with van der Waals surface area (Å²) in [6.45, 7) is 0. The fourth-order valence-electron chi connectivity index (χ4n) is 2.26. The van der Waals surface area contributed by atoms with Gasteiger partial charge in [-0.05, 0) is 17.5 Å². The molecule has 0 saturated carbocycles. The molecule has 112 valence electrons. The number of halogens is 3. The van der Waals surface area contributed by atoms with Crippen LogP contribution in [0.15, 0.2) is 41.2 Å². The third kappa shape index (κ3) is 2.60. The van der Waals surface area contributed by atoms with Crippen LogP contribution in [-0.2, 0) is 6.18 Å². The van der Waals surface area contributed by atoms with Gasteiger partial charge >= 0.3 is 6.18 Å². The second-order valence-electron chi connectivity index (χ2n) is 4.45. The van der Waals surface area contributed by atoms with Crippen molar-refractivity contribution >= 4 is 23.1 Å². The molecule has 8 heteroatoms. The van der Waals surface area contributed by atoms with Crippen molar-refractivity contribution in [2.24, 2.45) is 5.73 Å². The van der Waals surface area contributed by atoms with Gasteiger partial charge in [-0.2, -0.15) is 18.4 Å². The summed E-state index contributed by atoms with van der Waals surface area (Å²) in [4.78, 5) is -0.0199. The summed E-state index contributed by atoms with van der Waals surface area (Å²) >= 11 is 4.98. The lowest BCUT2D eigenvalue weighted by Crippen LogP contribution is -2.37. The first kappa shape index (κ1) is 15.8. The Balaban J connectivity index is 2.79. The molecule has 0 saturated heterocycles. The largest absolute Gasteiger partial charge is 0.416 e. The van der Waals surface area contributed by atoms with Crippen LogP contribution in [0.25, 0.3) is 0 Å². The van der Waals surface area contributed by atoms with E-state index < -0.39 is 17.7 Å². The van der Waals surface area contributed by atoms with Gasteiger partial charge in [0.05, 0.1) is 28.7 Å². The van der Waals surface area contributed by atoms with Gasteiger partial charge in [0.2, 0.25) is 0 Å². The molecule has 1 aliphatic heterocycles. The molecular formula is C14H9F3N4S. The van der Waals surface area contributed by atoms with Gasteiger partial charge in [-0.25, -0.2) is 0 Å². The third-order valence-electron chi connectivity index (χ3n) is 3.19. The van der Waals surface area contributed by atoms with Crippen molar-refractivity contribution in [2.75, 3.05) is 0 Å². The molecule has 1 unspecified atom stereocenters. The van der Waals surface area contributed by atoms with Crippen LogP contribution in [0.4, 0.5) is 13.2 Å². The number of nitrogens with two attached hydrogens (primary N) is 1. The van der Waals surface area contributed by atoms with E-state index in [-0.39, 0.29) is 27.5 Å². The van der Waals surface area contributed by atoms with E-state index in [1.807, 2.05) is 5.87 Å². The molecule has 0 amide bonds. The van der Waals surface area contributed by atoms with Crippen molar-refractivity contribution in [3.05, 3.63) is 52.4 Å². The van der Waals surface area contributed by atoms with Gasteiger partial charge in [0.25, 0.3) is 0 Å². The molecule has 1 atom stereocenters. The average Bonchev–Trinajstić information content (AvgIpc) is 2.45. The number of nitriles is 1. The molecule has 0 aromatic heterocycles. The zero-order valence-electron chi connectivity index (χ0n) is 11.0. The molecule has 2 rings (SSSR count). The molecule has 0 bridgehead atoms. The van der Waals surface area contributed by atoms with E-state index in [0.717, 1.165) is 6.07 Å². The minimum Gasteiger partial charge on any atom is -0.384 e. The summed E-state index contributed by atoms with van der Waals surface area (Å²) in [5.74, 6) is 0.731. The summed E-state index contributed by atoms with van der Waals surface area (Å²) in [5, 5.41) is 19.0. The molecule has 0 fully saturated rings. The van der Waals surface area contributed by atoms with Crippen LogP contribution in [0, 0.1) is 16.7 Å². The van der Waals surface area contributed by atoms with E-state index in [1.165, 1.54) is 18.2 Å². The van der Waals surface area contributed by atoms with Crippen LogP contribution in [0.3, 0.4) is 0 Å². The number of alkyl halides is 3. The van der Waals surface area contributed by atoms with Crippen molar-refractivity contribution < 1.29 is 13.2 Å². The first-order valence-corrected chi connectivity index (χ1v) is 6.38. The highest BCUT2D eigenvalue weighted by atomic mass is 32.1. The number of allylic oxidation sites excluding steroid dienone is 1. The molecule has 4 N–H and O–H groups in total. The molecule has 1 heterocycles. The maximum atomic E-state index is 13.2. The fourth-order valence-corrected chi connectivity index (χ4v) is 2.54. The van der Waals surface area contributed by atoms with Crippen LogP contribution >= 0.6 is 12.2 Å². The lowest BCUT2D eigenvalue weighted by molar-refractivity contribution is -0.138. The van der Waals surface area contributed by atoms with Gasteiger partial charge in [0.1, 0.15) is 10.8 Å². The summed E-state index contributed by atoms with van der Waals surface area (Å²) in [7, 11) is 0.